The van der Waals surface area contributed by atoms with Gasteiger partial charge < -0.3 is 14.9 Å². The second-order valence-corrected chi connectivity index (χ2v) is 5.81. The summed E-state index contributed by atoms with van der Waals surface area (Å²) >= 11 is 3.48. The highest BCUT2D eigenvalue weighted by Gasteiger charge is 2.04. The molecule has 0 fully saturated rings. The summed E-state index contributed by atoms with van der Waals surface area (Å²) in [4.78, 5) is 14.9. The molecule has 1 N–H and O–H groups in total. The van der Waals surface area contributed by atoms with Crippen molar-refractivity contribution >= 4 is 33.7 Å². The largest absolute Gasteiger partial charge is 0.478 e. The molecular weight excluding hydrogens is 320 g/mol. The first-order valence-electron chi connectivity index (χ1n) is 6.46. The first kappa shape index (κ1) is 16.7. The highest BCUT2D eigenvalue weighted by molar-refractivity contribution is 9.10. The zero-order valence-electron chi connectivity index (χ0n) is 12.1. The van der Waals surface area contributed by atoms with Crippen LogP contribution in [0.25, 0.3) is 6.08 Å². The molecule has 0 spiro atoms. The van der Waals surface area contributed by atoms with Crippen LogP contribution in [0.1, 0.15) is 12.0 Å². The maximum Gasteiger partial charge on any atom is 0.328 e. The van der Waals surface area contributed by atoms with Crippen LogP contribution < -0.4 is 4.90 Å². The molecule has 0 radical (unpaired) electrons. The molecule has 0 unspecified atom stereocenters. The Hall–Kier alpha value is -1.33. The second-order valence-electron chi connectivity index (χ2n) is 4.96. The predicted octanol–water partition coefficient (Wildman–Crippen LogP) is 2.93. The maximum absolute atomic E-state index is 10.5. The van der Waals surface area contributed by atoms with Crippen molar-refractivity contribution in [3.8, 4) is 0 Å². The van der Waals surface area contributed by atoms with Crippen molar-refractivity contribution in [1.82, 2.24) is 4.90 Å². The smallest absolute Gasteiger partial charge is 0.328 e. The third kappa shape index (κ3) is 5.75. The fraction of sp³-hybridized carbons (Fsp3) is 0.400. The zero-order chi connectivity index (χ0) is 15.1. The van der Waals surface area contributed by atoms with Gasteiger partial charge in [0.2, 0.25) is 0 Å². The molecule has 0 aliphatic heterocycles. The van der Waals surface area contributed by atoms with E-state index in [1.807, 2.05) is 18.2 Å². The van der Waals surface area contributed by atoms with Gasteiger partial charge in [0, 0.05) is 29.8 Å². The molecule has 110 valence electrons. The standard InChI is InChI=1S/C15H21BrN2O2/c1-17(2)9-4-10-18(3)13-7-5-12(14(16)11-13)6-8-15(19)20/h5-8,11H,4,9-10H2,1-3H3,(H,19,20)/b8-6+. The Morgan fingerprint density at radius 1 is 1.30 bits per heavy atom. The molecule has 4 nitrogen and oxygen atoms in total. The van der Waals surface area contributed by atoms with Crippen LogP contribution in [0.2, 0.25) is 0 Å². The summed E-state index contributed by atoms with van der Waals surface area (Å²) in [6.07, 6.45) is 3.82. The summed E-state index contributed by atoms with van der Waals surface area (Å²) in [5, 5.41) is 8.64. The number of anilines is 1. The fourth-order valence-electron chi connectivity index (χ4n) is 1.80. The number of rotatable bonds is 7. The van der Waals surface area contributed by atoms with Crippen molar-refractivity contribution in [1.29, 1.82) is 0 Å². The Bertz CT molecular complexity index is 487. The van der Waals surface area contributed by atoms with Gasteiger partial charge in [-0.05, 0) is 50.8 Å². The number of benzene rings is 1. The van der Waals surface area contributed by atoms with E-state index < -0.39 is 5.97 Å². The van der Waals surface area contributed by atoms with Gasteiger partial charge >= 0.3 is 5.97 Å². The van der Waals surface area contributed by atoms with Gasteiger partial charge in [-0.2, -0.15) is 0 Å². The van der Waals surface area contributed by atoms with Crippen LogP contribution in [0.15, 0.2) is 28.7 Å². The Kier molecular flexibility index (Phi) is 6.75. The normalized spacial score (nSPS) is 11.2. The van der Waals surface area contributed by atoms with E-state index in [1.165, 1.54) is 0 Å². The molecule has 1 aromatic carbocycles. The van der Waals surface area contributed by atoms with Crippen molar-refractivity contribution in [2.24, 2.45) is 0 Å². The minimum atomic E-state index is -0.943. The van der Waals surface area contributed by atoms with Gasteiger partial charge in [-0.3, -0.25) is 0 Å². The quantitative estimate of drug-likeness (QED) is 0.775. The van der Waals surface area contributed by atoms with E-state index in [2.05, 4.69) is 46.9 Å². The number of hydrogen-bond donors (Lipinski definition) is 1. The van der Waals surface area contributed by atoms with Crippen LogP contribution in [-0.2, 0) is 4.79 Å². The number of halogens is 1. The lowest BCUT2D eigenvalue weighted by Gasteiger charge is -2.21. The monoisotopic (exact) mass is 340 g/mol. The Morgan fingerprint density at radius 3 is 2.55 bits per heavy atom. The highest BCUT2D eigenvalue weighted by atomic mass is 79.9. The molecule has 20 heavy (non-hydrogen) atoms. The summed E-state index contributed by atoms with van der Waals surface area (Å²) in [6, 6.07) is 5.93. The molecule has 0 amide bonds. The van der Waals surface area contributed by atoms with E-state index in [0.29, 0.717) is 0 Å². The molecule has 0 aliphatic rings. The van der Waals surface area contributed by atoms with Crippen molar-refractivity contribution in [2.75, 3.05) is 39.1 Å². The lowest BCUT2D eigenvalue weighted by molar-refractivity contribution is -0.131. The molecule has 0 saturated heterocycles. The van der Waals surface area contributed by atoms with E-state index in [4.69, 9.17) is 5.11 Å². The molecule has 5 heteroatoms. The first-order valence-corrected chi connectivity index (χ1v) is 7.26. The van der Waals surface area contributed by atoms with E-state index in [0.717, 1.165) is 41.3 Å². The minimum Gasteiger partial charge on any atom is -0.478 e. The average molecular weight is 341 g/mol. The summed E-state index contributed by atoms with van der Waals surface area (Å²) < 4.78 is 0.895. The van der Waals surface area contributed by atoms with Crippen LogP contribution in [0.4, 0.5) is 5.69 Å². The van der Waals surface area contributed by atoms with E-state index >= 15 is 0 Å². The average Bonchev–Trinajstić information content (AvgIpc) is 2.36. The van der Waals surface area contributed by atoms with Gasteiger partial charge in [0.05, 0.1) is 0 Å². The SMILES string of the molecule is CN(C)CCCN(C)c1ccc(/C=C/C(=O)O)c(Br)c1. The molecule has 1 aromatic rings. The van der Waals surface area contributed by atoms with Gasteiger partial charge in [0.1, 0.15) is 0 Å². The molecule has 0 aromatic heterocycles. The third-order valence-corrected chi connectivity index (χ3v) is 3.62. The van der Waals surface area contributed by atoms with Crippen LogP contribution >= 0.6 is 15.9 Å². The first-order chi connectivity index (χ1) is 9.40. The number of hydrogen-bond acceptors (Lipinski definition) is 3. The van der Waals surface area contributed by atoms with Crippen LogP contribution in [-0.4, -0.2) is 50.2 Å². The highest BCUT2D eigenvalue weighted by Crippen LogP contribution is 2.24. The van der Waals surface area contributed by atoms with Gasteiger partial charge in [0.15, 0.2) is 0 Å². The number of carboxylic acid groups (broad SMARTS) is 1. The molecular formula is C15H21BrN2O2. The summed E-state index contributed by atoms with van der Waals surface area (Å²) in [7, 11) is 6.20. The molecule has 0 saturated carbocycles. The second kappa shape index (κ2) is 8.07. The maximum atomic E-state index is 10.5. The number of nitrogens with zero attached hydrogens (tertiary/aromatic N) is 2. The van der Waals surface area contributed by atoms with Gasteiger partial charge in [-0.25, -0.2) is 4.79 Å². The zero-order valence-corrected chi connectivity index (χ0v) is 13.7. The van der Waals surface area contributed by atoms with Crippen molar-refractivity contribution in [3.05, 3.63) is 34.3 Å². The van der Waals surface area contributed by atoms with Crippen LogP contribution in [0.5, 0.6) is 0 Å². The fourth-order valence-corrected chi connectivity index (χ4v) is 2.30. The summed E-state index contributed by atoms with van der Waals surface area (Å²) in [5.74, 6) is -0.943. The van der Waals surface area contributed by atoms with E-state index in [9.17, 15) is 4.79 Å². The molecule has 0 aliphatic carbocycles. The van der Waals surface area contributed by atoms with E-state index in [1.54, 1.807) is 6.08 Å². The number of carboxylic acids is 1. The lowest BCUT2D eigenvalue weighted by atomic mass is 10.2. The minimum absolute atomic E-state index is 0.859. The van der Waals surface area contributed by atoms with Gasteiger partial charge in [-0.1, -0.05) is 22.0 Å². The number of carbonyl (C=O) groups is 1. The Balaban J connectivity index is 2.68. The molecule has 0 heterocycles. The van der Waals surface area contributed by atoms with Crippen LogP contribution in [0.3, 0.4) is 0 Å². The molecule has 0 bridgehead atoms. The lowest BCUT2D eigenvalue weighted by Crippen LogP contribution is -2.23. The summed E-state index contributed by atoms with van der Waals surface area (Å²) in [5.41, 5.74) is 1.97. The van der Waals surface area contributed by atoms with Crippen molar-refractivity contribution in [2.45, 2.75) is 6.42 Å². The third-order valence-electron chi connectivity index (χ3n) is 2.93. The van der Waals surface area contributed by atoms with Crippen molar-refractivity contribution in [3.63, 3.8) is 0 Å². The number of aliphatic carboxylic acids is 1. The van der Waals surface area contributed by atoms with Gasteiger partial charge in [-0.15, -0.1) is 0 Å². The topological polar surface area (TPSA) is 43.8 Å². The van der Waals surface area contributed by atoms with Crippen molar-refractivity contribution < 1.29 is 9.90 Å². The molecule has 1 rings (SSSR count). The Labute approximate surface area is 128 Å². The Morgan fingerprint density at radius 2 is 2.00 bits per heavy atom. The van der Waals surface area contributed by atoms with Crippen LogP contribution in [0, 0.1) is 0 Å². The van der Waals surface area contributed by atoms with E-state index in [-0.39, 0.29) is 0 Å². The van der Waals surface area contributed by atoms with Gasteiger partial charge in [0.25, 0.3) is 0 Å². The molecule has 0 atom stereocenters. The summed E-state index contributed by atoms with van der Waals surface area (Å²) in [6.45, 7) is 2.04. The predicted molar refractivity (Wildman–Crippen MR) is 87.3 cm³/mol.